The van der Waals surface area contributed by atoms with Crippen molar-refractivity contribution >= 4 is 108 Å². The van der Waals surface area contributed by atoms with Gasteiger partial charge in [-0.2, -0.15) is 0 Å². The maximum atomic E-state index is 13.9. The average Bonchev–Trinajstić information content (AvgIpc) is 2.88. The largest absolute Gasteiger partial charge is 0.366 e. The van der Waals surface area contributed by atoms with Crippen LogP contribution in [0.2, 0.25) is 0 Å². The van der Waals surface area contributed by atoms with Gasteiger partial charge in [0.2, 0.25) is 5.91 Å². The Labute approximate surface area is 250 Å². The second-order valence-corrected chi connectivity index (χ2v) is 13.3. The molecule has 7 heteroatoms. The van der Waals surface area contributed by atoms with Crippen molar-refractivity contribution in [2.75, 3.05) is 5.32 Å². The summed E-state index contributed by atoms with van der Waals surface area (Å²) in [6, 6.07) is 21.6. The van der Waals surface area contributed by atoms with Crippen molar-refractivity contribution in [1.82, 2.24) is 0 Å². The summed E-state index contributed by atoms with van der Waals surface area (Å²) in [4.78, 5) is 26.7. The summed E-state index contributed by atoms with van der Waals surface area (Å²) >= 11 is 11.2. The fourth-order valence-corrected chi connectivity index (χ4v) is 7.26. The first-order valence-corrected chi connectivity index (χ1v) is 14.8. The zero-order chi connectivity index (χ0) is 27.8. The van der Waals surface area contributed by atoms with Gasteiger partial charge in [-0.25, -0.2) is 0 Å². The van der Waals surface area contributed by atoms with Crippen LogP contribution in [-0.2, 0) is 5.41 Å². The second-order valence-electron chi connectivity index (χ2n) is 10.8. The van der Waals surface area contributed by atoms with Crippen LogP contribution in [0.15, 0.2) is 80.1 Å². The Morgan fingerprint density at radius 1 is 0.667 bits per heavy atom. The number of nitrogens with two attached hydrogens (primary N) is 1. The molecule has 6 aromatic rings. The van der Waals surface area contributed by atoms with Crippen LogP contribution in [0, 0.1) is 0 Å². The van der Waals surface area contributed by atoms with Crippen LogP contribution in [0.1, 0.15) is 47.1 Å². The molecule has 0 aliphatic carbocycles. The molecule has 0 saturated heterocycles. The third kappa shape index (κ3) is 4.14. The number of rotatable bonds is 3. The maximum Gasteiger partial charge on any atom is 0.256 e. The number of primary amides is 1. The Balaban J connectivity index is 1.71. The molecule has 2 amide bonds. The molecular formula is C32H23Br3N2O2. The smallest absolute Gasteiger partial charge is 0.256 e. The highest BCUT2D eigenvalue weighted by atomic mass is 79.9. The van der Waals surface area contributed by atoms with Gasteiger partial charge >= 0.3 is 0 Å². The first-order valence-electron chi connectivity index (χ1n) is 12.4. The number of fused-ring (bicyclic) bond motifs is 2. The minimum Gasteiger partial charge on any atom is -0.366 e. The minimum absolute atomic E-state index is 0.0706. The van der Waals surface area contributed by atoms with Gasteiger partial charge in [-0.1, -0.05) is 105 Å². The molecule has 0 aliphatic heterocycles. The number of amides is 2. The van der Waals surface area contributed by atoms with E-state index in [2.05, 4.69) is 92.1 Å². The first-order chi connectivity index (χ1) is 18.5. The molecule has 4 nitrogen and oxygen atoms in total. The number of benzene rings is 6. The van der Waals surface area contributed by atoms with Crippen molar-refractivity contribution in [3.63, 3.8) is 0 Å². The minimum atomic E-state index is -0.598. The molecule has 3 N–H and O–H groups in total. The topological polar surface area (TPSA) is 72.2 Å². The lowest BCUT2D eigenvalue weighted by molar-refractivity contribution is 0.100. The van der Waals surface area contributed by atoms with Gasteiger partial charge < -0.3 is 11.1 Å². The molecule has 194 valence electrons. The summed E-state index contributed by atoms with van der Waals surface area (Å²) in [5.74, 6) is -0.914. The second kappa shape index (κ2) is 9.29. The van der Waals surface area contributed by atoms with Gasteiger partial charge in [0, 0.05) is 51.8 Å². The number of nitrogens with one attached hydrogen (secondary N) is 1. The summed E-state index contributed by atoms with van der Waals surface area (Å²) < 4.78 is 2.50. The molecule has 0 bridgehead atoms. The predicted molar refractivity (Wildman–Crippen MR) is 172 cm³/mol. The van der Waals surface area contributed by atoms with Crippen LogP contribution in [0.3, 0.4) is 0 Å². The van der Waals surface area contributed by atoms with Crippen molar-refractivity contribution in [3.8, 4) is 0 Å². The fourth-order valence-electron chi connectivity index (χ4n) is 5.52. The summed E-state index contributed by atoms with van der Waals surface area (Å²) in [6.45, 7) is 6.39. The van der Waals surface area contributed by atoms with E-state index in [-0.39, 0.29) is 16.9 Å². The number of carbonyl (C=O) groups is 2. The summed E-state index contributed by atoms with van der Waals surface area (Å²) in [5.41, 5.74) is 8.30. The Bertz CT molecular complexity index is 1990. The van der Waals surface area contributed by atoms with E-state index in [0.717, 1.165) is 56.7 Å². The highest BCUT2D eigenvalue weighted by Crippen LogP contribution is 2.48. The zero-order valence-corrected chi connectivity index (χ0v) is 26.1. The van der Waals surface area contributed by atoms with E-state index in [1.54, 1.807) is 12.1 Å². The van der Waals surface area contributed by atoms with Crippen molar-refractivity contribution in [3.05, 3.63) is 96.8 Å². The highest BCUT2D eigenvalue weighted by molar-refractivity contribution is 9.11. The number of anilines is 1. The Kier molecular flexibility index (Phi) is 6.25. The third-order valence-electron chi connectivity index (χ3n) is 7.33. The quantitative estimate of drug-likeness (QED) is 0.142. The lowest BCUT2D eigenvalue weighted by Gasteiger charge is -2.21. The SMILES string of the molecule is CC(C)(C)c1cccc(NC(=O)c2cc(Br)c3c4cccc5c(Br)ccc(c6c(Br)cc(C(N)=O)c2c63)c54)c1. The van der Waals surface area contributed by atoms with Gasteiger partial charge in [0.1, 0.15) is 0 Å². The summed E-state index contributed by atoms with van der Waals surface area (Å²) in [7, 11) is 0. The van der Waals surface area contributed by atoms with E-state index in [9.17, 15) is 9.59 Å². The number of hydrogen-bond acceptors (Lipinski definition) is 2. The van der Waals surface area contributed by atoms with Crippen molar-refractivity contribution in [2.24, 2.45) is 5.73 Å². The van der Waals surface area contributed by atoms with Crippen molar-refractivity contribution in [1.29, 1.82) is 0 Å². The van der Waals surface area contributed by atoms with Gasteiger partial charge in [0.05, 0.1) is 0 Å². The first kappa shape index (κ1) is 26.2. The Morgan fingerprint density at radius 3 is 1.95 bits per heavy atom. The van der Waals surface area contributed by atoms with Gasteiger partial charge in [-0.15, -0.1) is 0 Å². The average molecular weight is 707 g/mol. The van der Waals surface area contributed by atoms with Gasteiger partial charge in [-0.05, 0) is 62.9 Å². The molecule has 0 saturated carbocycles. The lowest BCUT2D eigenvalue weighted by atomic mass is 9.86. The summed E-state index contributed by atoms with van der Waals surface area (Å²) in [6.07, 6.45) is 0. The van der Waals surface area contributed by atoms with E-state index >= 15 is 0 Å². The van der Waals surface area contributed by atoms with Gasteiger partial charge in [0.15, 0.2) is 0 Å². The van der Waals surface area contributed by atoms with E-state index in [1.807, 2.05) is 36.4 Å². The number of hydrogen-bond donors (Lipinski definition) is 2. The molecule has 0 unspecified atom stereocenters. The van der Waals surface area contributed by atoms with Crippen LogP contribution in [-0.4, -0.2) is 11.8 Å². The molecule has 0 heterocycles. The molecular weight excluding hydrogens is 684 g/mol. The molecule has 0 spiro atoms. The van der Waals surface area contributed by atoms with Crippen LogP contribution in [0.4, 0.5) is 5.69 Å². The third-order valence-corrected chi connectivity index (χ3v) is 9.27. The molecule has 39 heavy (non-hydrogen) atoms. The summed E-state index contributed by atoms with van der Waals surface area (Å²) in [5, 5.41) is 10.5. The monoisotopic (exact) mass is 704 g/mol. The molecule has 6 rings (SSSR count). The highest BCUT2D eigenvalue weighted by Gasteiger charge is 2.26. The standard InChI is InChI=1S/C32H23Br3N2O2/c1-32(2,3)15-6-4-7-16(12-15)37-31(39)21-14-24(35)27-18-9-5-8-17-22(33)11-10-19(25(17)18)28-23(34)13-20(30(36)38)26(21)29(27)28/h4-14H,1-3H3,(H2,36,38)(H,37,39). The van der Waals surface area contributed by atoms with Crippen LogP contribution >= 0.6 is 47.8 Å². The van der Waals surface area contributed by atoms with Crippen molar-refractivity contribution < 1.29 is 9.59 Å². The lowest BCUT2D eigenvalue weighted by Crippen LogP contribution is -2.18. The van der Waals surface area contributed by atoms with Crippen LogP contribution < -0.4 is 11.1 Å². The molecule has 0 radical (unpaired) electrons. The molecule has 0 fully saturated rings. The Morgan fingerprint density at radius 2 is 1.28 bits per heavy atom. The molecule has 0 aromatic heterocycles. The van der Waals surface area contributed by atoms with Crippen molar-refractivity contribution in [2.45, 2.75) is 26.2 Å². The molecule has 0 atom stereocenters. The van der Waals surface area contributed by atoms with E-state index < -0.39 is 5.91 Å². The zero-order valence-electron chi connectivity index (χ0n) is 21.4. The maximum absolute atomic E-state index is 13.9. The molecule has 6 aromatic carbocycles. The van der Waals surface area contributed by atoms with Gasteiger partial charge in [-0.3, -0.25) is 9.59 Å². The Hall–Kier alpha value is -3.00. The van der Waals surface area contributed by atoms with Crippen LogP contribution in [0.25, 0.3) is 43.1 Å². The van der Waals surface area contributed by atoms with Gasteiger partial charge in [0.25, 0.3) is 5.91 Å². The van der Waals surface area contributed by atoms with E-state index in [0.29, 0.717) is 16.6 Å². The molecule has 0 aliphatic rings. The van der Waals surface area contributed by atoms with E-state index in [1.165, 1.54) is 0 Å². The van der Waals surface area contributed by atoms with Crippen LogP contribution in [0.5, 0.6) is 0 Å². The number of halogens is 3. The van der Waals surface area contributed by atoms with E-state index in [4.69, 9.17) is 5.73 Å². The normalized spacial score (nSPS) is 12.2. The number of carbonyl (C=O) groups excluding carboxylic acids is 2. The fraction of sp³-hybridized carbons (Fsp3) is 0.125. The predicted octanol–water partition coefficient (Wildman–Crippen LogP) is 9.67.